The molecule has 3 N–H and O–H groups in total. The molecule has 1 aliphatic carbocycles. The second kappa shape index (κ2) is 16.3. The molecule has 1 unspecified atom stereocenters. The van der Waals surface area contributed by atoms with Gasteiger partial charge in [0.1, 0.15) is 12.0 Å². The second-order valence-corrected chi connectivity index (χ2v) is 10.6. The highest BCUT2D eigenvalue weighted by atomic mass is 35.5. The number of anilines is 2. The predicted molar refractivity (Wildman–Crippen MR) is 148 cm³/mol. The van der Waals surface area contributed by atoms with Gasteiger partial charge in [0.05, 0.1) is 10.7 Å². The number of rotatable bonds is 10. The SMILES string of the molecule is COC(CSC)NF.Fc1ccc(-c2cc(NC3CCCCC3)ncc2Cl)nc1NCC1CCOCC1. The summed E-state index contributed by atoms with van der Waals surface area (Å²) in [5.41, 5.74) is 2.91. The molecule has 2 aliphatic rings. The van der Waals surface area contributed by atoms with Gasteiger partial charge in [0.15, 0.2) is 11.6 Å². The van der Waals surface area contributed by atoms with Crippen LogP contribution in [-0.4, -0.2) is 61.1 Å². The molecule has 0 amide bonds. The van der Waals surface area contributed by atoms with Crippen molar-refractivity contribution in [1.82, 2.24) is 15.5 Å². The zero-order valence-electron chi connectivity index (χ0n) is 21.6. The average molecular weight is 558 g/mol. The highest BCUT2D eigenvalue weighted by Gasteiger charge is 2.17. The van der Waals surface area contributed by atoms with Crippen LogP contribution in [0, 0.1) is 11.7 Å². The first kappa shape index (κ1) is 29.8. The first-order valence-corrected chi connectivity index (χ1v) is 14.6. The topological polar surface area (TPSA) is 80.3 Å². The maximum Gasteiger partial charge on any atom is 0.165 e. The van der Waals surface area contributed by atoms with Crippen molar-refractivity contribution in [3.8, 4) is 11.3 Å². The first-order chi connectivity index (χ1) is 18.0. The van der Waals surface area contributed by atoms with Crippen molar-refractivity contribution >= 4 is 35.0 Å². The minimum Gasteiger partial charge on any atom is -0.381 e. The summed E-state index contributed by atoms with van der Waals surface area (Å²) < 4.78 is 35.8. The molecule has 0 radical (unpaired) electrons. The summed E-state index contributed by atoms with van der Waals surface area (Å²) in [5.74, 6) is 1.81. The molecule has 3 heterocycles. The van der Waals surface area contributed by atoms with Crippen LogP contribution in [0.15, 0.2) is 24.4 Å². The third kappa shape index (κ3) is 9.83. The van der Waals surface area contributed by atoms with E-state index < -0.39 is 6.23 Å². The molecule has 1 saturated carbocycles. The lowest BCUT2D eigenvalue weighted by molar-refractivity contribution is 0.0384. The number of nitrogens with zero attached hydrogens (tertiary/aromatic N) is 2. The van der Waals surface area contributed by atoms with Crippen molar-refractivity contribution < 1.29 is 18.3 Å². The summed E-state index contributed by atoms with van der Waals surface area (Å²) in [6.07, 6.45) is 11.2. The lowest BCUT2D eigenvalue weighted by atomic mass is 9.95. The Bertz CT molecular complexity index is 945. The van der Waals surface area contributed by atoms with E-state index in [0.29, 0.717) is 35.0 Å². The number of thioether (sulfide) groups is 1. The van der Waals surface area contributed by atoms with Gasteiger partial charge in [0.2, 0.25) is 0 Å². The van der Waals surface area contributed by atoms with Crippen molar-refractivity contribution in [2.24, 2.45) is 5.92 Å². The molecule has 2 fully saturated rings. The van der Waals surface area contributed by atoms with Gasteiger partial charge in [-0.25, -0.2) is 14.4 Å². The molecule has 4 rings (SSSR count). The van der Waals surface area contributed by atoms with Crippen LogP contribution in [0.25, 0.3) is 11.3 Å². The molecule has 1 aliphatic heterocycles. The molecule has 206 valence electrons. The van der Waals surface area contributed by atoms with Crippen LogP contribution in [0.3, 0.4) is 0 Å². The van der Waals surface area contributed by atoms with Gasteiger partial charge in [-0.15, -0.1) is 10.0 Å². The van der Waals surface area contributed by atoms with Crippen LogP contribution in [0.2, 0.25) is 5.02 Å². The van der Waals surface area contributed by atoms with E-state index in [1.807, 2.05) is 12.3 Å². The standard InChI is InChI=1S/C22H28ClFN4O.C4H10FNOS/c23-18-14-25-21(27-16-4-2-1-3-5-16)12-17(18)20-7-6-19(24)22(28-20)26-13-15-8-10-29-11-9-15;1-7-4(6-5)3-8-2/h6-7,12,14-16H,1-5,8-11,13H2,(H,25,27)(H,26,28);4,6H,3H2,1-2H3. The zero-order valence-corrected chi connectivity index (χ0v) is 23.1. The van der Waals surface area contributed by atoms with Crippen molar-refractivity contribution in [3.05, 3.63) is 35.2 Å². The average Bonchev–Trinajstić information content (AvgIpc) is 2.94. The van der Waals surface area contributed by atoms with Crippen molar-refractivity contribution in [2.45, 2.75) is 57.2 Å². The number of pyridine rings is 2. The number of nitrogens with one attached hydrogen (secondary N) is 3. The highest BCUT2D eigenvalue weighted by molar-refractivity contribution is 7.98. The summed E-state index contributed by atoms with van der Waals surface area (Å²) in [5, 5.41) is 7.20. The number of halogens is 3. The van der Waals surface area contributed by atoms with Crippen LogP contribution < -0.4 is 16.2 Å². The van der Waals surface area contributed by atoms with E-state index in [0.717, 1.165) is 50.3 Å². The van der Waals surface area contributed by atoms with E-state index in [-0.39, 0.29) is 11.6 Å². The Kier molecular flexibility index (Phi) is 13.1. The minimum absolute atomic E-state index is 0.267. The summed E-state index contributed by atoms with van der Waals surface area (Å²) in [6.45, 7) is 2.23. The Labute approximate surface area is 227 Å². The van der Waals surface area contributed by atoms with Crippen LogP contribution in [0.1, 0.15) is 44.9 Å². The molecular formula is C26H38ClF2N5O2S. The fourth-order valence-corrected chi connectivity index (χ4v) is 5.08. The molecule has 7 nitrogen and oxygen atoms in total. The normalized spacial score (nSPS) is 17.5. The van der Waals surface area contributed by atoms with Crippen molar-refractivity contribution in [1.29, 1.82) is 0 Å². The van der Waals surface area contributed by atoms with Crippen molar-refractivity contribution in [2.75, 3.05) is 49.5 Å². The minimum atomic E-state index is -0.454. The van der Waals surface area contributed by atoms with Gasteiger partial charge in [0.25, 0.3) is 0 Å². The van der Waals surface area contributed by atoms with E-state index >= 15 is 0 Å². The first-order valence-electron chi connectivity index (χ1n) is 12.8. The lowest BCUT2D eigenvalue weighted by Crippen LogP contribution is -2.26. The number of hydrogen-bond donors (Lipinski definition) is 3. The maximum absolute atomic E-state index is 14.3. The van der Waals surface area contributed by atoms with E-state index in [1.54, 1.807) is 12.3 Å². The van der Waals surface area contributed by atoms with Gasteiger partial charge >= 0.3 is 0 Å². The Hall–Kier alpha value is -1.72. The lowest BCUT2D eigenvalue weighted by Gasteiger charge is -2.23. The zero-order chi connectivity index (χ0) is 26.5. The molecule has 2 aromatic heterocycles. The van der Waals surface area contributed by atoms with E-state index in [9.17, 15) is 8.87 Å². The van der Waals surface area contributed by atoms with Gasteiger partial charge < -0.3 is 20.1 Å². The van der Waals surface area contributed by atoms with Crippen LogP contribution in [-0.2, 0) is 9.47 Å². The van der Waals surface area contributed by atoms with Crippen molar-refractivity contribution in [3.63, 3.8) is 0 Å². The molecule has 0 bridgehead atoms. The Morgan fingerprint density at radius 2 is 1.95 bits per heavy atom. The molecule has 37 heavy (non-hydrogen) atoms. The third-order valence-corrected chi connectivity index (χ3v) is 7.50. The summed E-state index contributed by atoms with van der Waals surface area (Å²) in [4.78, 5) is 8.94. The second-order valence-electron chi connectivity index (χ2n) is 9.28. The number of methoxy groups -OCH3 is 1. The number of hydrogen-bond acceptors (Lipinski definition) is 8. The van der Waals surface area contributed by atoms with Gasteiger partial charge in [-0.1, -0.05) is 30.9 Å². The molecule has 0 aromatic carbocycles. The molecule has 2 aromatic rings. The molecule has 1 saturated heterocycles. The monoisotopic (exact) mass is 557 g/mol. The van der Waals surface area contributed by atoms with Crippen LogP contribution >= 0.6 is 23.4 Å². The summed E-state index contributed by atoms with van der Waals surface area (Å²) >= 11 is 7.94. The van der Waals surface area contributed by atoms with Gasteiger partial charge in [-0.05, 0) is 56.1 Å². The highest BCUT2D eigenvalue weighted by Crippen LogP contribution is 2.31. The van der Waals surface area contributed by atoms with Crippen LogP contribution in [0.5, 0.6) is 0 Å². The predicted octanol–water partition coefficient (Wildman–Crippen LogP) is 6.32. The molecular weight excluding hydrogens is 520 g/mol. The Balaban J connectivity index is 0.000000414. The maximum atomic E-state index is 14.3. The fraction of sp³-hybridized carbons (Fsp3) is 0.615. The fourth-order valence-electron chi connectivity index (χ4n) is 4.37. The largest absolute Gasteiger partial charge is 0.381 e. The Morgan fingerprint density at radius 1 is 1.19 bits per heavy atom. The quantitative estimate of drug-likeness (QED) is 0.231. The van der Waals surface area contributed by atoms with Gasteiger partial charge in [-0.3, -0.25) is 0 Å². The molecule has 11 heteroatoms. The summed E-state index contributed by atoms with van der Waals surface area (Å²) in [7, 11) is 1.47. The van der Waals surface area contributed by atoms with E-state index in [2.05, 4.69) is 25.3 Å². The van der Waals surface area contributed by atoms with Gasteiger partial charge in [0, 0.05) is 50.4 Å². The molecule has 1 atom stereocenters. The van der Waals surface area contributed by atoms with Crippen LogP contribution in [0.4, 0.5) is 20.5 Å². The Morgan fingerprint density at radius 3 is 2.59 bits per heavy atom. The van der Waals surface area contributed by atoms with Gasteiger partial charge in [-0.2, -0.15) is 11.8 Å². The molecule has 0 spiro atoms. The van der Waals surface area contributed by atoms with E-state index in [1.165, 1.54) is 49.7 Å². The van der Waals surface area contributed by atoms with E-state index in [4.69, 9.17) is 16.3 Å². The summed E-state index contributed by atoms with van der Waals surface area (Å²) in [6, 6.07) is 5.47. The third-order valence-electron chi connectivity index (χ3n) is 6.56. The number of ether oxygens (including phenoxy) is 2. The smallest absolute Gasteiger partial charge is 0.165 e. The number of aromatic nitrogens is 2.